The monoisotopic (exact) mass is 300 g/mol. The van der Waals surface area contributed by atoms with E-state index in [0.29, 0.717) is 12.3 Å². The van der Waals surface area contributed by atoms with Gasteiger partial charge in [-0.25, -0.2) is 17.8 Å². The summed E-state index contributed by atoms with van der Waals surface area (Å²) in [7, 11) is -4.80. The second kappa shape index (κ2) is 5.07. The third kappa shape index (κ3) is 3.05. The number of primary sulfonamides is 1. The van der Waals surface area contributed by atoms with Crippen molar-refractivity contribution in [2.24, 2.45) is 5.14 Å². The van der Waals surface area contributed by atoms with Crippen LogP contribution in [0.3, 0.4) is 0 Å². The lowest BCUT2D eigenvalue weighted by atomic mass is 10.1. The lowest BCUT2D eigenvalue weighted by Crippen LogP contribution is -2.34. The lowest BCUT2D eigenvalue weighted by molar-refractivity contribution is 0.598. The fourth-order valence-electron chi connectivity index (χ4n) is 1.82. The Hall–Kier alpha value is -1.18. The molecule has 0 aliphatic carbocycles. The Kier molecular flexibility index (Phi) is 3.80. The summed E-state index contributed by atoms with van der Waals surface area (Å²) in [5.74, 6) is 0.517. The Morgan fingerprint density at radius 1 is 1.16 bits per heavy atom. The van der Waals surface area contributed by atoms with E-state index in [1.54, 1.807) is 16.4 Å². The summed E-state index contributed by atoms with van der Waals surface area (Å²) < 4.78 is 36.2. The molecule has 0 radical (unpaired) electrons. The smallest absolute Gasteiger partial charge is 0.238 e. The normalized spacial score (nSPS) is 20.8. The van der Waals surface area contributed by atoms with E-state index in [4.69, 9.17) is 5.14 Å². The minimum atomic E-state index is -3.69. The van der Waals surface area contributed by atoms with Gasteiger partial charge in [-0.2, -0.15) is 0 Å². The van der Waals surface area contributed by atoms with Crippen molar-refractivity contribution < 1.29 is 12.6 Å². The van der Waals surface area contributed by atoms with Crippen LogP contribution in [0.2, 0.25) is 0 Å². The zero-order valence-electron chi connectivity index (χ0n) is 10.8. The van der Waals surface area contributed by atoms with Crippen molar-refractivity contribution in [3.63, 3.8) is 0 Å². The Balaban J connectivity index is 2.31. The third-order valence-corrected chi connectivity index (χ3v) is 5.59. The topological polar surface area (TPSA) is 80.5 Å². The first kappa shape index (κ1) is 14.2. The molecule has 0 fully saturated rings. The van der Waals surface area contributed by atoms with Crippen LogP contribution in [0, 0.1) is 0 Å². The standard InChI is InChI=1S/C12H16N2O3S2/c1-9-7-14(18(15)8-10(9)2)11-3-5-12(6-4-11)19(13,16)17/h3-6H,7-8H2,1-2H3,(H2,13,16,17)/t18-/m0/s1. The largest absolute Gasteiger partial charge is 0.287 e. The molecule has 0 aromatic heterocycles. The summed E-state index contributed by atoms with van der Waals surface area (Å²) in [5, 5.41) is 5.04. The van der Waals surface area contributed by atoms with Gasteiger partial charge in [0.1, 0.15) is 11.0 Å². The molecule has 0 unspecified atom stereocenters. The summed E-state index contributed by atoms with van der Waals surface area (Å²) in [6.07, 6.45) is 0. The number of anilines is 1. The van der Waals surface area contributed by atoms with Crippen molar-refractivity contribution in [3.8, 4) is 0 Å². The van der Waals surface area contributed by atoms with Crippen LogP contribution in [0.1, 0.15) is 13.8 Å². The van der Waals surface area contributed by atoms with Crippen molar-refractivity contribution in [1.29, 1.82) is 0 Å². The van der Waals surface area contributed by atoms with Crippen LogP contribution in [-0.2, 0) is 21.0 Å². The van der Waals surface area contributed by atoms with Crippen LogP contribution in [0.4, 0.5) is 5.69 Å². The van der Waals surface area contributed by atoms with E-state index in [2.05, 4.69) is 0 Å². The molecule has 104 valence electrons. The number of benzene rings is 1. The fourth-order valence-corrected chi connectivity index (χ4v) is 3.80. The Morgan fingerprint density at radius 2 is 1.74 bits per heavy atom. The molecule has 0 bridgehead atoms. The summed E-state index contributed by atoms with van der Waals surface area (Å²) in [4.78, 5) is 0.0579. The minimum Gasteiger partial charge on any atom is -0.287 e. The molecule has 1 atom stereocenters. The third-order valence-electron chi connectivity index (χ3n) is 3.15. The predicted octanol–water partition coefficient (Wildman–Crippen LogP) is 1.15. The number of sulfonamides is 1. The first-order chi connectivity index (χ1) is 8.79. The zero-order valence-corrected chi connectivity index (χ0v) is 12.4. The number of hydrogen-bond donors (Lipinski definition) is 1. The summed E-state index contributed by atoms with van der Waals surface area (Å²) in [6, 6.07) is 6.13. The Morgan fingerprint density at radius 3 is 2.26 bits per heavy atom. The van der Waals surface area contributed by atoms with Gasteiger partial charge < -0.3 is 0 Å². The zero-order chi connectivity index (χ0) is 14.2. The van der Waals surface area contributed by atoms with Crippen LogP contribution in [-0.4, -0.2) is 24.9 Å². The quantitative estimate of drug-likeness (QED) is 0.832. The molecular formula is C12H16N2O3S2. The fraction of sp³-hybridized carbons (Fsp3) is 0.333. The molecule has 0 spiro atoms. The summed E-state index contributed by atoms with van der Waals surface area (Å²) >= 11 is 0. The van der Waals surface area contributed by atoms with Gasteiger partial charge in [-0.3, -0.25) is 4.31 Å². The van der Waals surface area contributed by atoms with E-state index >= 15 is 0 Å². The average Bonchev–Trinajstić information content (AvgIpc) is 2.33. The van der Waals surface area contributed by atoms with Crippen LogP contribution in [0.15, 0.2) is 40.3 Å². The van der Waals surface area contributed by atoms with Crippen molar-refractivity contribution in [3.05, 3.63) is 35.4 Å². The van der Waals surface area contributed by atoms with E-state index in [-0.39, 0.29) is 4.90 Å². The van der Waals surface area contributed by atoms with Crippen LogP contribution in [0.25, 0.3) is 0 Å². The van der Waals surface area contributed by atoms with Crippen molar-refractivity contribution in [2.75, 3.05) is 16.6 Å². The molecule has 1 heterocycles. The molecule has 1 aliphatic rings. The number of rotatable bonds is 2. The minimum absolute atomic E-state index is 0.0579. The maximum atomic E-state index is 12.1. The molecule has 1 aromatic carbocycles. The average molecular weight is 300 g/mol. The van der Waals surface area contributed by atoms with Gasteiger partial charge in [-0.15, -0.1) is 0 Å². The van der Waals surface area contributed by atoms with Gasteiger partial charge in [0.05, 0.1) is 17.2 Å². The highest BCUT2D eigenvalue weighted by molar-refractivity contribution is 7.89. The molecule has 0 amide bonds. The summed E-state index contributed by atoms with van der Waals surface area (Å²) in [5.41, 5.74) is 3.07. The van der Waals surface area contributed by atoms with Gasteiger partial charge in [-0.1, -0.05) is 11.1 Å². The van der Waals surface area contributed by atoms with Crippen LogP contribution >= 0.6 is 0 Å². The molecule has 1 aromatic rings. The molecule has 5 nitrogen and oxygen atoms in total. The van der Waals surface area contributed by atoms with E-state index in [1.807, 2.05) is 13.8 Å². The van der Waals surface area contributed by atoms with Crippen LogP contribution in [0.5, 0.6) is 0 Å². The number of nitrogens with two attached hydrogens (primary N) is 1. The predicted molar refractivity (Wildman–Crippen MR) is 76.5 cm³/mol. The van der Waals surface area contributed by atoms with Gasteiger partial charge in [-0.05, 0) is 38.1 Å². The number of nitrogens with zero attached hydrogens (tertiary/aromatic N) is 1. The van der Waals surface area contributed by atoms with E-state index in [1.165, 1.54) is 17.7 Å². The highest BCUT2D eigenvalue weighted by Gasteiger charge is 2.21. The van der Waals surface area contributed by atoms with Crippen molar-refractivity contribution >= 4 is 26.7 Å². The first-order valence-corrected chi connectivity index (χ1v) is 8.55. The second-order valence-electron chi connectivity index (χ2n) is 4.60. The Bertz CT molecular complexity index is 648. The molecule has 19 heavy (non-hydrogen) atoms. The van der Waals surface area contributed by atoms with E-state index < -0.39 is 21.0 Å². The van der Waals surface area contributed by atoms with E-state index in [9.17, 15) is 12.6 Å². The molecule has 2 N–H and O–H groups in total. The van der Waals surface area contributed by atoms with E-state index in [0.717, 1.165) is 11.3 Å². The molecule has 2 rings (SSSR count). The van der Waals surface area contributed by atoms with Crippen molar-refractivity contribution in [2.45, 2.75) is 18.7 Å². The van der Waals surface area contributed by atoms with Crippen LogP contribution < -0.4 is 9.44 Å². The molecular weight excluding hydrogens is 284 g/mol. The molecule has 0 saturated carbocycles. The maximum absolute atomic E-state index is 12.1. The lowest BCUT2D eigenvalue weighted by Gasteiger charge is -2.29. The van der Waals surface area contributed by atoms with Gasteiger partial charge in [0.15, 0.2) is 0 Å². The number of hydrogen-bond acceptors (Lipinski definition) is 3. The van der Waals surface area contributed by atoms with Gasteiger partial charge in [0.25, 0.3) is 0 Å². The molecule has 0 saturated heterocycles. The maximum Gasteiger partial charge on any atom is 0.238 e. The van der Waals surface area contributed by atoms with Gasteiger partial charge in [0, 0.05) is 5.69 Å². The summed E-state index contributed by atoms with van der Waals surface area (Å²) in [6.45, 7) is 4.58. The molecule has 7 heteroatoms. The second-order valence-corrected chi connectivity index (χ2v) is 7.54. The van der Waals surface area contributed by atoms with Gasteiger partial charge >= 0.3 is 0 Å². The first-order valence-electron chi connectivity index (χ1n) is 5.73. The van der Waals surface area contributed by atoms with Crippen molar-refractivity contribution in [1.82, 2.24) is 0 Å². The SMILES string of the molecule is CC1=C(C)C[S@](=O)N(c2ccc(S(N)(=O)=O)cc2)C1. The van der Waals surface area contributed by atoms with Gasteiger partial charge in [0.2, 0.25) is 10.0 Å². The Labute approximate surface area is 115 Å². The molecule has 1 aliphatic heterocycles. The highest BCUT2D eigenvalue weighted by atomic mass is 32.2. The highest BCUT2D eigenvalue weighted by Crippen LogP contribution is 2.25.